The molecule has 3 aliphatic rings. The number of nitrogens with one attached hydrogen (secondary N) is 2. The van der Waals surface area contributed by atoms with Gasteiger partial charge in [0, 0.05) is 18.5 Å². The number of allylic oxidation sites excluding steroid dienone is 1. The number of likely N-dealkylation sites (tertiary alicyclic amines) is 1. The van der Waals surface area contributed by atoms with Crippen LogP contribution in [0.1, 0.15) is 39.0 Å². The summed E-state index contributed by atoms with van der Waals surface area (Å²) in [7, 11) is 0. The van der Waals surface area contributed by atoms with Crippen LogP contribution in [0.3, 0.4) is 0 Å². The van der Waals surface area contributed by atoms with Crippen molar-refractivity contribution in [2.45, 2.75) is 50.6 Å². The fourth-order valence-electron chi connectivity index (χ4n) is 3.72. The molecule has 1 aliphatic carbocycles. The summed E-state index contributed by atoms with van der Waals surface area (Å²) < 4.78 is 0. The molecule has 0 aromatic heterocycles. The normalized spacial score (nSPS) is 38.6. The number of hydrogen-bond acceptors (Lipinski definition) is 3. The van der Waals surface area contributed by atoms with Gasteiger partial charge in [0.1, 0.15) is 5.54 Å². The summed E-state index contributed by atoms with van der Waals surface area (Å²) >= 11 is 0. The Morgan fingerprint density at radius 3 is 2.80 bits per heavy atom. The largest absolute Gasteiger partial charge is 0.323 e. The van der Waals surface area contributed by atoms with Crippen LogP contribution in [0.15, 0.2) is 12.2 Å². The summed E-state index contributed by atoms with van der Waals surface area (Å²) in [6, 6.07) is 0.155. The van der Waals surface area contributed by atoms with Crippen LogP contribution in [0.5, 0.6) is 0 Å². The van der Waals surface area contributed by atoms with E-state index in [2.05, 4.69) is 27.7 Å². The minimum absolute atomic E-state index is 0.173. The summed E-state index contributed by atoms with van der Waals surface area (Å²) in [6.45, 7) is 3.84. The van der Waals surface area contributed by atoms with Crippen LogP contribution in [0.4, 0.5) is 4.79 Å². The second-order valence-corrected chi connectivity index (χ2v) is 6.37. The van der Waals surface area contributed by atoms with Crippen molar-refractivity contribution < 1.29 is 9.59 Å². The van der Waals surface area contributed by atoms with Crippen LogP contribution < -0.4 is 10.6 Å². The number of hydrogen-bond donors (Lipinski definition) is 2. The summed E-state index contributed by atoms with van der Waals surface area (Å²) in [6.07, 6.45) is 10.3. The van der Waals surface area contributed by atoms with Gasteiger partial charge in [-0.3, -0.25) is 15.0 Å². The third-order valence-corrected chi connectivity index (χ3v) is 5.04. The SMILES string of the molecule is C[C@]1([C@H]2CCCN([C@@H]3C=CCCC3)C2)NC(=O)NC1=O. The zero-order valence-electron chi connectivity index (χ0n) is 12.0. The predicted molar refractivity (Wildman–Crippen MR) is 76.2 cm³/mol. The molecule has 2 saturated heterocycles. The number of imide groups is 1. The maximum Gasteiger partial charge on any atom is 0.322 e. The Hall–Kier alpha value is -1.36. The predicted octanol–water partition coefficient (Wildman–Crippen LogP) is 1.41. The van der Waals surface area contributed by atoms with Crippen molar-refractivity contribution in [1.29, 1.82) is 0 Å². The Bertz CT molecular complexity index is 448. The van der Waals surface area contributed by atoms with E-state index in [1.54, 1.807) is 0 Å². The van der Waals surface area contributed by atoms with Gasteiger partial charge in [0.25, 0.3) is 5.91 Å². The molecule has 0 unspecified atom stereocenters. The summed E-state index contributed by atoms with van der Waals surface area (Å²) in [5, 5.41) is 5.21. The Labute approximate surface area is 119 Å². The van der Waals surface area contributed by atoms with Crippen molar-refractivity contribution in [2.24, 2.45) is 5.92 Å². The lowest BCUT2D eigenvalue weighted by molar-refractivity contribution is -0.126. The van der Waals surface area contributed by atoms with E-state index < -0.39 is 5.54 Å². The number of piperidine rings is 1. The standard InChI is InChI=1S/C15H23N3O2/c1-15(13(19)16-14(20)17-15)11-6-5-9-18(10-11)12-7-3-2-4-8-12/h3,7,11-12H,2,4-6,8-10H2,1H3,(H2,16,17,19,20)/t11-,12+,15+/m0/s1. The minimum Gasteiger partial charge on any atom is -0.323 e. The number of nitrogens with zero attached hydrogens (tertiary/aromatic N) is 1. The molecular formula is C15H23N3O2. The lowest BCUT2D eigenvalue weighted by Gasteiger charge is -2.42. The lowest BCUT2D eigenvalue weighted by atomic mass is 9.79. The molecule has 0 aromatic rings. The number of rotatable bonds is 2. The van der Waals surface area contributed by atoms with Crippen molar-refractivity contribution in [3.8, 4) is 0 Å². The van der Waals surface area contributed by atoms with Crippen molar-refractivity contribution >= 4 is 11.9 Å². The molecule has 0 spiro atoms. The highest BCUT2D eigenvalue weighted by molar-refractivity contribution is 6.06. The van der Waals surface area contributed by atoms with Crippen LogP contribution in [0.2, 0.25) is 0 Å². The number of carbonyl (C=O) groups excluding carboxylic acids is 2. The topological polar surface area (TPSA) is 61.4 Å². The van der Waals surface area contributed by atoms with E-state index in [1.165, 1.54) is 19.3 Å². The van der Waals surface area contributed by atoms with Gasteiger partial charge in [-0.1, -0.05) is 12.2 Å². The quantitative estimate of drug-likeness (QED) is 0.592. The van der Waals surface area contributed by atoms with Crippen LogP contribution >= 0.6 is 0 Å². The molecule has 0 saturated carbocycles. The van der Waals surface area contributed by atoms with E-state index in [1.807, 2.05) is 6.92 Å². The third-order valence-electron chi connectivity index (χ3n) is 5.04. The van der Waals surface area contributed by atoms with E-state index in [9.17, 15) is 9.59 Å². The second-order valence-electron chi connectivity index (χ2n) is 6.37. The zero-order valence-corrected chi connectivity index (χ0v) is 12.0. The molecular weight excluding hydrogens is 254 g/mol. The Kier molecular flexibility index (Phi) is 3.54. The first-order chi connectivity index (χ1) is 9.59. The summed E-state index contributed by atoms with van der Waals surface area (Å²) in [4.78, 5) is 26.0. The van der Waals surface area contributed by atoms with Crippen molar-refractivity contribution in [3.05, 3.63) is 12.2 Å². The Morgan fingerprint density at radius 2 is 2.15 bits per heavy atom. The van der Waals surface area contributed by atoms with Gasteiger partial charge in [0.2, 0.25) is 0 Å². The molecule has 5 nitrogen and oxygen atoms in total. The summed E-state index contributed by atoms with van der Waals surface area (Å²) in [5.74, 6) is 0.0200. The van der Waals surface area contributed by atoms with Crippen molar-refractivity contribution in [3.63, 3.8) is 0 Å². The smallest absolute Gasteiger partial charge is 0.322 e. The molecule has 3 atom stereocenters. The van der Waals surface area contributed by atoms with Gasteiger partial charge >= 0.3 is 6.03 Å². The molecule has 0 radical (unpaired) electrons. The molecule has 110 valence electrons. The highest BCUT2D eigenvalue weighted by atomic mass is 16.2. The molecule has 5 heteroatoms. The van der Waals surface area contributed by atoms with E-state index in [0.29, 0.717) is 6.04 Å². The van der Waals surface area contributed by atoms with Gasteiger partial charge in [0.15, 0.2) is 0 Å². The fraction of sp³-hybridized carbons (Fsp3) is 0.733. The molecule has 20 heavy (non-hydrogen) atoms. The van der Waals surface area contributed by atoms with Crippen LogP contribution in [-0.4, -0.2) is 41.5 Å². The van der Waals surface area contributed by atoms with Gasteiger partial charge < -0.3 is 5.32 Å². The highest BCUT2D eigenvalue weighted by Crippen LogP contribution is 2.31. The van der Waals surface area contributed by atoms with Crippen molar-refractivity contribution in [2.75, 3.05) is 13.1 Å². The maximum atomic E-state index is 12.1. The van der Waals surface area contributed by atoms with Gasteiger partial charge in [-0.05, 0) is 45.6 Å². The first-order valence-corrected chi connectivity index (χ1v) is 7.64. The molecule has 0 bridgehead atoms. The van der Waals surface area contributed by atoms with Gasteiger partial charge in [-0.2, -0.15) is 0 Å². The lowest BCUT2D eigenvalue weighted by Crippen LogP contribution is -2.57. The second kappa shape index (κ2) is 5.20. The van der Waals surface area contributed by atoms with Crippen LogP contribution in [0.25, 0.3) is 0 Å². The molecule has 2 N–H and O–H groups in total. The van der Waals surface area contributed by atoms with Crippen molar-refractivity contribution in [1.82, 2.24) is 15.5 Å². The molecule has 2 fully saturated rings. The monoisotopic (exact) mass is 277 g/mol. The molecule has 3 amide bonds. The highest BCUT2D eigenvalue weighted by Gasteiger charge is 2.49. The zero-order chi connectivity index (χ0) is 14.2. The Morgan fingerprint density at radius 1 is 1.30 bits per heavy atom. The maximum absolute atomic E-state index is 12.1. The van der Waals surface area contributed by atoms with Crippen LogP contribution in [-0.2, 0) is 4.79 Å². The summed E-state index contributed by atoms with van der Waals surface area (Å²) in [5.41, 5.74) is -0.742. The van der Waals surface area contributed by atoms with Gasteiger partial charge in [0.05, 0.1) is 0 Å². The van der Waals surface area contributed by atoms with Gasteiger partial charge in [-0.15, -0.1) is 0 Å². The van der Waals surface area contributed by atoms with E-state index in [0.717, 1.165) is 25.9 Å². The minimum atomic E-state index is -0.742. The van der Waals surface area contributed by atoms with Crippen LogP contribution in [0, 0.1) is 5.92 Å². The molecule has 3 rings (SSSR count). The molecule has 2 aliphatic heterocycles. The number of amides is 3. The Balaban J connectivity index is 1.71. The average molecular weight is 277 g/mol. The molecule has 2 heterocycles. The number of urea groups is 1. The fourth-order valence-corrected chi connectivity index (χ4v) is 3.72. The first-order valence-electron chi connectivity index (χ1n) is 7.64. The van der Waals surface area contributed by atoms with E-state index >= 15 is 0 Å². The van der Waals surface area contributed by atoms with E-state index in [4.69, 9.17) is 0 Å². The van der Waals surface area contributed by atoms with Gasteiger partial charge in [-0.25, -0.2) is 4.79 Å². The third kappa shape index (κ3) is 2.35. The molecule has 0 aromatic carbocycles. The average Bonchev–Trinajstić information content (AvgIpc) is 2.74. The van der Waals surface area contributed by atoms with E-state index in [-0.39, 0.29) is 17.9 Å². The first kappa shape index (κ1) is 13.6. The number of carbonyl (C=O) groups is 2.